The van der Waals surface area contributed by atoms with Gasteiger partial charge < -0.3 is 11.1 Å². The second-order valence-electron chi connectivity index (χ2n) is 4.62. The van der Waals surface area contributed by atoms with E-state index >= 15 is 0 Å². The Morgan fingerprint density at radius 3 is 2.78 bits per heavy atom. The molecule has 100 valence electrons. The van der Waals surface area contributed by atoms with Crippen LogP contribution in [0.4, 0.5) is 4.39 Å². The lowest BCUT2D eigenvalue weighted by atomic mass is 10.0. The van der Waals surface area contributed by atoms with E-state index in [0.29, 0.717) is 6.54 Å². The van der Waals surface area contributed by atoms with E-state index in [1.165, 1.54) is 12.1 Å². The van der Waals surface area contributed by atoms with Crippen LogP contribution in [0.15, 0.2) is 24.3 Å². The Balaban J connectivity index is 2.54. The minimum Gasteiger partial charge on any atom is -0.349 e. The Hall–Kier alpha value is -1.42. The quantitative estimate of drug-likeness (QED) is 0.816. The van der Waals surface area contributed by atoms with Gasteiger partial charge >= 0.3 is 0 Å². The van der Waals surface area contributed by atoms with E-state index in [-0.39, 0.29) is 23.7 Å². The van der Waals surface area contributed by atoms with Gasteiger partial charge in [-0.3, -0.25) is 4.79 Å². The number of carbonyl (C=O) groups is 1. The van der Waals surface area contributed by atoms with Crippen LogP contribution < -0.4 is 11.1 Å². The largest absolute Gasteiger partial charge is 0.349 e. The minimum atomic E-state index is -0.287. The number of nitrogens with one attached hydrogen (secondary N) is 1. The van der Waals surface area contributed by atoms with Gasteiger partial charge in [-0.1, -0.05) is 19.1 Å². The summed E-state index contributed by atoms with van der Waals surface area (Å²) < 4.78 is 13.1. The fraction of sp³-hybridized carbons (Fsp3) is 0.500. The summed E-state index contributed by atoms with van der Waals surface area (Å²) in [6, 6.07) is 6.09. The number of hydrogen-bond donors (Lipinski definition) is 2. The molecule has 3 N–H and O–H groups in total. The maximum Gasteiger partial charge on any atom is 0.223 e. The standard InChI is InChI=1S/C14H21FN2O/c1-10(5-4-8-16)14(18)17-11(2)12-6-3-7-13(15)9-12/h3,6-7,9-11H,4-5,8,16H2,1-2H3,(H,17,18)/t10?,11-/m1/s1. The van der Waals surface area contributed by atoms with Crippen molar-refractivity contribution in [2.45, 2.75) is 32.7 Å². The number of amides is 1. The maximum absolute atomic E-state index is 13.1. The number of carbonyl (C=O) groups excluding carboxylic acids is 1. The summed E-state index contributed by atoms with van der Waals surface area (Å²) in [5, 5.41) is 2.89. The zero-order chi connectivity index (χ0) is 13.5. The van der Waals surface area contributed by atoms with E-state index < -0.39 is 0 Å². The van der Waals surface area contributed by atoms with E-state index in [1.807, 2.05) is 13.8 Å². The van der Waals surface area contributed by atoms with E-state index in [1.54, 1.807) is 12.1 Å². The summed E-state index contributed by atoms with van der Waals surface area (Å²) in [5.74, 6) is -0.366. The lowest BCUT2D eigenvalue weighted by molar-refractivity contribution is -0.125. The van der Waals surface area contributed by atoms with E-state index in [2.05, 4.69) is 5.32 Å². The number of rotatable bonds is 6. The SMILES string of the molecule is CC(CCCN)C(=O)N[C@H](C)c1cccc(F)c1. The van der Waals surface area contributed by atoms with E-state index in [0.717, 1.165) is 18.4 Å². The van der Waals surface area contributed by atoms with Crippen molar-refractivity contribution in [3.8, 4) is 0 Å². The Morgan fingerprint density at radius 1 is 1.44 bits per heavy atom. The van der Waals surface area contributed by atoms with Gasteiger partial charge in [-0.2, -0.15) is 0 Å². The molecule has 0 aliphatic rings. The minimum absolute atomic E-state index is 0.0137. The molecule has 1 rings (SSSR count). The Bertz CT molecular complexity index is 395. The molecular formula is C14H21FN2O. The highest BCUT2D eigenvalue weighted by Gasteiger charge is 2.15. The topological polar surface area (TPSA) is 55.1 Å². The van der Waals surface area contributed by atoms with Gasteiger partial charge in [0.05, 0.1) is 6.04 Å². The molecular weight excluding hydrogens is 231 g/mol. The third-order valence-corrected chi connectivity index (χ3v) is 3.00. The fourth-order valence-corrected chi connectivity index (χ4v) is 1.77. The lowest BCUT2D eigenvalue weighted by Gasteiger charge is -2.17. The molecule has 0 saturated heterocycles. The molecule has 0 aliphatic heterocycles. The Kier molecular flexibility index (Phi) is 5.78. The highest BCUT2D eigenvalue weighted by molar-refractivity contribution is 5.78. The summed E-state index contributed by atoms with van der Waals surface area (Å²) in [6.07, 6.45) is 1.61. The Labute approximate surface area is 108 Å². The third-order valence-electron chi connectivity index (χ3n) is 3.00. The van der Waals surface area contributed by atoms with Gasteiger partial charge in [0, 0.05) is 5.92 Å². The van der Waals surface area contributed by atoms with Gasteiger partial charge in [-0.25, -0.2) is 4.39 Å². The van der Waals surface area contributed by atoms with Crippen molar-refractivity contribution < 1.29 is 9.18 Å². The molecule has 1 aromatic rings. The average Bonchev–Trinajstić information content (AvgIpc) is 2.35. The van der Waals surface area contributed by atoms with Crippen LogP contribution in [0.25, 0.3) is 0 Å². The predicted molar refractivity (Wildman–Crippen MR) is 70.4 cm³/mol. The third kappa shape index (κ3) is 4.45. The number of halogens is 1. The molecule has 1 amide bonds. The monoisotopic (exact) mass is 252 g/mol. The number of benzene rings is 1. The lowest BCUT2D eigenvalue weighted by Crippen LogP contribution is -2.31. The fourth-order valence-electron chi connectivity index (χ4n) is 1.77. The van der Waals surface area contributed by atoms with Gasteiger partial charge in [0.2, 0.25) is 5.91 Å². The van der Waals surface area contributed by atoms with Gasteiger partial charge in [0.25, 0.3) is 0 Å². The molecule has 0 heterocycles. The van der Waals surface area contributed by atoms with Crippen LogP contribution in [0, 0.1) is 11.7 Å². The zero-order valence-corrected chi connectivity index (χ0v) is 10.9. The first kappa shape index (κ1) is 14.6. The molecule has 3 nitrogen and oxygen atoms in total. The molecule has 4 heteroatoms. The van der Waals surface area contributed by atoms with E-state index in [4.69, 9.17) is 5.73 Å². The first-order chi connectivity index (χ1) is 8.54. The molecule has 18 heavy (non-hydrogen) atoms. The highest BCUT2D eigenvalue weighted by Crippen LogP contribution is 2.15. The summed E-state index contributed by atoms with van der Waals surface area (Å²) in [7, 11) is 0. The van der Waals surface area contributed by atoms with Crippen LogP contribution in [0.5, 0.6) is 0 Å². The summed E-state index contributed by atoms with van der Waals surface area (Å²) in [4.78, 5) is 11.9. The van der Waals surface area contributed by atoms with Crippen LogP contribution >= 0.6 is 0 Å². The first-order valence-corrected chi connectivity index (χ1v) is 6.30. The molecule has 1 unspecified atom stereocenters. The van der Waals surface area contributed by atoms with Crippen molar-refractivity contribution in [1.82, 2.24) is 5.32 Å². The van der Waals surface area contributed by atoms with Gasteiger partial charge in [0.15, 0.2) is 0 Å². The molecule has 2 atom stereocenters. The van der Waals surface area contributed by atoms with Crippen molar-refractivity contribution in [2.24, 2.45) is 11.7 Å². The van der Waals surface area contributed by atoms with Gasteiger partial charge in [0.1, 0.15) is 5.82 Å². The van der Waals surface area contributed by atoms with Crippen LogP contribution in [0.3, 0.4) is 0 Å². The number of nitrogens with two attached hydrogens (primary N) is 1. The molecule has 0 bridgehead atoms. The maximum atomic E-state index is 13.1. The van der Waals surface area contributed by atoms with Crippen molar-refractivity contribution in [1.29, 1.82) is 0 Å². The van der Waals surface area contributed by atoms with Crippen LogP contribution in [-0.4, -0.2) is 12.5 Å². The molecule has 0 radical (unpaired) electrons. The molecule has 1 aromatic carbocycles. The predicted octanol–water partition coefficient (Wildman–Crippen LogP) is 2.38. The zero-order valence-electron chi connectivity index (χ0n) is 10.9. The first-order valence-electron chi connectivity index (χ1n) is 6.30. The summed E-state index contributed by atoms with van der Waals surface area (Å²) in [5.41, 5.74) is 6.19. The van der Waals surface area contributed by atoms with Crippen molar-refractivity contribution in [2.75, 3.05) is 6.54 Å². The second-order valence-corrected chi connectivity index (χ2v) is 4.62. The summed E-state index contributed by atoms with van der Waals surface area (Å²) >= 11 is 0. The molecule has 0 fully saturated rings. The normalized spacial score (nSPS) is 14.0. The van der Waals surface area contributed by atoms with Gasteiger partial charge in [-0.05, 0) is 44.0 Å². The van der Waals surface area contributed by atoms with Crippen molar-refractivity contribution >= 4 is 5.91 Å². The van der Waals surface area contributed by atoms with Gasteiger partial charge in [-0.15, -0.1) is 0 Å². The smallest absolute Gasteiger partial charge is 0.223 e. The molecule has 0 aliphatic carbocycles. The van der Waals surface area contributed by atoms with Crippen molar-refractivity contribution in [3.05, 3.63) is 35.6 Å². The second kappa shape index (κ2) is 7.11. The summed E-state index contributed by atoms with van der Waals surface area (Å²) in [6.45, 7) is 4.32. The Morgan fingerprint density at radius 2 is 2.17 bits per heavy atom. The average molecular weight is 252 g/mol. The van der Waals surface area contributed by atoms with Crippen LogP contribution in [-0.2, 0) is 4.79 Å². The van der Waals surface area contributed by atoms with Crippen molar-refractivity contribution in [3.63, 3.8) is 0 Å². The molecule has 0 spiro atoms. The van der Waals surface area contributed by atoms with E-state index in [9.17, 15) is 9.18 Å². The van der Waals surface area contributed by atoms with Crippen LogP contribution in [0.2, 0.25) is 0 Å². The van der Waals surface area contributed by atoms with Crippen LogP contribution in [0.1, 0.15) is 38.3 Å². The highest BCUT2D eigenvalue weighted by atomic mass is 19.1. The number of hydrogen-bond acceptors (Lipinski definition) is 2. The molecule has 0 saturated carbocycles. The molecule has 0 aromatic heterocycles.